The quantitative estimate of drug-likeness (QED) is 0.587. The van der Waals surface area contributed by atoms with E-state index in [0.29, 0.717) is 25.1 Å². The summed E-state index contributed by atoms with van der Waals surface area (Å²) in [6, 6.07) is 7.54. The number of halogens is 1. The van der Waals surface area contributed by atoms with Crippen molar-refractivity contribution in [3.05, 3.63) is 27.8 Å². The second-order valence-corrected chi connectivity index (χ2v) is 5.36. The number of carbonyl (C=O) groups is 1. The minimum Gasteiger partial charge on any atom is -0.491 e. The third-order valence-corrected chi connectivity index (χ3v) is 3.12. The molecule has 0 saturated carbocycles. The van der Waals surface area contributed by atoms with Gasteiger partial charge in [0.05, 0.1) is 0 Å². The first kappa shape index (κ1) is 16.2. The van der Waals surface area contributed by atoms with E-state index in [4.69, 9.17) is 10.5 Å². The van der Waals surface area contributed by atoms with Gasteiger partial charge in [-0.2, -0.15) is 0 Å². The van der Waals surface area contributed by atoms with Crippen LogP contribution >= 0.6 is 22.6 Å². The lowest BCUT2D eigenvalue weighted by atomic mass is 10.3. The maximum atomic E-state index is 11.3. The van der Waals surface area contributed by atoms with Gasteiger partial charge in [0.15, 0.2) is 0 Å². The number of aliphatic hydroxyl groups is 1. The summed E-state index contributed by atoms with van der Waals surface area (Å²) in [5.41, 5.74) is 5.31. The summed E-state index contributed by atoms with van der Waals surface area (Å²) in [4.78, 5) is 11.3. The van der Waals surface area contributed by atoms with Gasteiger partial charge in [-0.15, -0.1) is 0 Å². The Bertz CT molecular complexity index is 384. The highest BCUT2D eigenvalue weighted by molar-refractivity contribution is 14.1. The molecule has 4 N–H and O–H groups in total. The molecule has 0 aliphatic heterocycles. The van der Waals surface area contributed by atoms with Gasteiger partial charge in [-0.1, -0.05) is 0 Å². The smallest absolute Gasteiger partial charge is 0.220 e. The summed E-state index contributed by atoms with van der Waals surface area (Å²) in [7, 11) is 0. The molecule has 0 aliphatic carbocycles. The van der Waals surface area contributed by atoms with Gasteiger partial charge in [0.25, 0.3) is 0 Å². The lowest BCUT2D eigenvalue weighted by Gasteiger charge is -2.13. The molecule has 0 spiro atoms. The zero-order valence-electron chi connectivity index (χ0n) is 10.6. The monoisotopic (exact) mass is 378 g/mol. The van der Waals surface area contributed by atoms with Gasteiger partial charge >= 0.3 is 0 Å². The zero-order chi connectivity index (χ0) is 14.1. The molecule has 1 amide bonds. The van der Waals surface area contributed by atoms with E-state index in [0.717, 1.165) is 3.57 Å². The van der Waals surface area contributed by atoms with Gasteiger partial charge in [0.1, 0.15) is 18.5 Å². The Hall–Kier alpha value is -0.860. The van der Waals surface area contributed by atoms with Crippen molar-refractivity contribution < 1.29 is 14.6 Å². The minimum absolute atomic E-state index is 0.0984. The van der Waals surface area contributed by atoms with Gasteiger partial charge in [-0.05, 0) is 59.8 Å². The standard InChI is InChI=1S/C13H19IN2O3/c14-10-3-5-12(6-4-10)19-9-11(17)8-16-13(18)2-1-7-15/h3-6,11,17H,1-2,7-9,15H2,(H,16,18). The Balaban J connectivity index is 2.19. The molecule has 1 aromatic rings. The summed E-state index contributed by atoms with van der Waals surface area (Å²) in [5.74, 6) is 0.604. The van der Waals surface area contributed by atoms with Crippen LogP contribution in [0.15, 0.2) is 24.3 Å². The molecule has 0 heterocycles. The minimum atomic E-state index is -0.721. The van der Waals surface area contributed by atoms with E-state index >= 15 is 0 Å². The first-order chi connectivity index (χ1) is 9.11. The average molecular weight is 378 g/mol. The van der Waals surface area contributed by atoms with Crippen molar-refractivity contribution in [2.24, 2.45) is 5.73 Å². The lowest BCUT2D eigenvalue weighted by Crippen LogP contribution is -2.35. The lowest BCUT2D eigenvalue weighted by molar-refractivity contribution is -0.121. The number of nitrogens with two attached hydrogens (primary N) is 1. The first-order valence-corrected chi connectivity index (χ1v) is 7.23. The molecule has 1 aromatic carbocycles. The highest BCUT2D eigenvalue weighted by Gasteiger charge is 2.07. The fourth-order valence-electron chi connectivity index (χ4n) is 1.36. The Morgan fingerprint density at radius 1 is 1.42 bits per heavy atom. The van der Waals surface area contributed by atoms with Crippen LogP contribution < -0.4 is 15.8 Å². The normalized spacial score (nSPS) is 11.9. The van der Waals surface area contributed by atoms with Crippen LogP contribution in [0.5, 0.6) is 5.75 Å². The zero-order valence-corrected chi connectivity index (χ0v) is 12.8. The number of ether oxygens (including phenoxy) is 1. The molecule has 1 unspecified atom stereocenters. The topological polar surface area (TPSA) is 84.6 Å². The number of hydrogen-bond acceptors (Lipinski definition) is 4. The summed E-state index contributed by atoms with van der Waals surface area (Å²) in [6.45, 7) is 0.831. The Morgan fingerprint density at radius 3 is 2.74 bits per heavy atom. The third-order valence-electron chi connectivity index (χ3n) is 2.40. The fraction of sp³-hybridized carbons (Fsp3) is 0.462. The molecule has 0 radical (unpaired) electrons. The molecule has 0 saturated heterocycles. The summed E-state index contributed by atoms with van der Waals surface area (Å²) in [5, 5.41) is 12.3. The predicted molar refractivity (Wildman–Crippen MR) is 82.0 cm³/mol. The van der Waals surface area contributed by atoms with Crippen LogP contribution in [0.25, 0.3) is 0 Å². The molecular weight excluding hydrogens is 359 g/mol. The van der Waals surface area contributed by atoms with Crippen LogP contribution in [0.4, 0.5) is 0 Å². The molecule has 6 heteroatoms. The van der Waals surface area contributed by atoms with E-state index < -0.39 is 6.10 Å². The van der Waals surface area contributed by atoms with Crippen LogP contribution in [0.3, 0.4) is 0 Å². The predicted octanol–water partition coefficient (Wildman–Crippen LogP) is 0.886. The molecule has 5 nitrogen and oxygen atoms in total. The van der Waals surface area contributed by atoms with Gasteiger partial charge in [-0.3, -0.25) is 4.79 Å². The van der Waals surface area contributed by atoms with E-state index in [9.17, 15) is 9.90 Å². The second kappa shape index (κ2) is 9.11. The number of benzene rings is 1. The van der Waals surface area contributed by atoms with Gasteiger partial charge in [0.2, 0.25) is 5.91 Å². The highest BCUT2D eigenvalue weighted by atomic mass is 127. The van der Waals surface area contributed by atoms with Crippen molar-refractivity contribution in [1.29, 1.82) is 0 Å². The number of nitrogens with one attached hydrogen (secondary N) is 1. The van der Waals surface area contributed by atoms with E-state index in [-0.39, 0.29) is 19.1 Å². The molecule has 106 valence electrons. The van der Waals surface area contributed by atoms with Crippen molar-refractivity contribution in [2.45, 2.75) is 18.9 Å². The molecule has 0 aliphatic rings. The largest absolute Gasteiger partial charge is 0.491 e. The van der Waals surface area contributed by atoms with E-state index in [2.05, 4.69) is 27.9 Å². The van der Waals surface area contributed by atoms with Crippen molar-refractivity contribution in [3.63, 3.8) is 0 Å². The summed E-state index contributed by atoms with van der Waals surface area (Å²) in [6.07, 6.45) is 0.323. The molecule has 1 rings (SSSR count). The average Bonchev–Trinajstić information content (AvgIpc) is 2.42. The van der Waals surface area contributed by atoms with Crippen LogP contribution in [-0.2, 0) is 4.79 Å². The van der Waals surface area contributed by atoms with E-state index in [1.807, 2.05) is 24.3 Å². The van der Waals surface area contributed by atoms with Gasteiger partial charge in [-0.25, -0.2) is 0 Å². The number of amides is 1. The molecule has 0 bridgehead atoms. The molecule has 0 aromatic heterocycles. The fourth-order valence-corrected chi connectivity index (χ4v) is 1.72. The highest BCUT2D eigenvalue weighted by Crippen LogP contribution is 2.13. The third kappa shape index (κ3) is 7.34. The Labute approximate surface area is 126 Å². The van der Waals surface area contributed by atoms with Crippen LogP contribution in [0.2, 0.25) is 0 Å². The number of hydrogen-bond donors (Lipinski definition) is 3. The molecule has 1 atom stereocenters. The summed E-state index contributed by atoms with van der Waals surface area (Å²) >= 11 is 2.21. The molecule has 0 fully saturated rings. The molecule has 19 heavy (non-hydrogen) atoms. The number of rotatable bonds is 8. The second-order valence-electron chi connectivity index (χ2n) is 4.12. The van der Waals surface area contributed by atoms with E-state index in [1.165, 1.54) is 0 Å². The van der Waals surface area contributed by atoms with Gasteiger partial charge in [0, 0.05) is 16.5 Å². The maximum Gasteiger partial charge on any atom is 0.220 e. The maximum absolute atomic E-state index is 11.3. The summed E-state index contributed by atoms with van der Waals surface area (Å²) < 4.78 is 6.53. The van der Waals surface area contributed by atoms with Crippen molar-refractivity contribution in [3.8, 4) is 5.75 Å². The van der Waals surface area contributed by atoms with Crippen LogP contribution in [-0.4, -0.2) is 36.8 Å². The molecular formula is C13H19IN2O3. The Morgan fingerprint density at radius 2 is 2.11 bits per heavy atom. The number of aliphatic hydroxyl groups excluding tert-OH is 1. The first-order valence-electron chi connectivity index (χ1n) is 6.15. The Kier molecular flexibility index (Phi) is 7.76. The van der Waals surface area contributed by atoms with Crippen LogP contribution in [0, 0.1) is 3.57 Å². The number of carbonyl (C=O) groups excluding carboxylic acids is 1. The van der Waals surface area contributed by atoms with Crippen LogP contribution in [0.1, 0.15) is 12.8 Å². The van der Waals surface area contributed by atoms with E-state index in [1.54, 1.807) is 0 Å². The van der Waals surface area contributed by atoms with Crippen molar-refractivity contribution >= 4 is 28.5 Å². The van der Waals surface area contributed by atoms with Crippen molar-refractivity contribution in [1.82, 2.24) is 5.32 Å². The van der Waals surface area contributed by atoms with Gasteiger partial charge < -0.3 is 20.9 Å². The van der Waals surface area contributed by atoms with Crippen molar-refractivity contribution in [2.75, 3.05) is 19.7 Å². The SMILES string of the molecule is NCCCC(=O)NCC(O)COc1ccc(I)cc1.